The van der Waals surface area contributed by atoms with Gasteiger partial charge in [-0.15, -0.1) is 0 Å². The van der Waals surface area contributed by atoms with Gasteiger partial charge >= 0.3 is 0 Å². The van der Waals surface area contributed by atoms with Crippen molar-refractivity contribution < 1.29 is 0 Å². The van der Waals surface area contributed by atoms with Crippen LogP contribution in [0.25, 0.3) is 0 Å². The monoisotopic (exact) mass is 544 g/mol. The van der Waals surface area contributed by atoms with Crippen molar-refractivity contribution in [3.63, 3.8) is 0 Å². The molecule has 0 spiro atoms. The van der Waals surface area contributed by atoms with Crippen LogP contribution < -0.4 is 26.2 Å². The maximum Gasteiger partial charge on any atom is 0.252 e. The fourth-order valence-corrected chi connectivity index (χ4v) is 7.88. The zero-order valence-corrected chi connectivity index (χ0v) is 24.9. The third kappa shape index (κ3) is 3.94. The molecule has 0 bridgehead atoms. The minimum absolute atomic E-state index is 0.183. The van der Waals surface area contributed by atoms with Crippen LogP contribution in [0, 0.1) is 20.8 Å². The molecule has 3 aliphatic rings. The Morgan fingerprint density at radius 3 is 2.02 bits per heavy atom. The first-order chi connectivity index (χ1) is 20.6. The molecule has 2 nitrogen and oxygen atoms in total. The molecular formula is C39H37BN2. The first-order valence-electron chi connectivity index (χ1n) is 15.7. The van der Waals surface area contributed by atoms with Crippen LogP contribution in [-0.4, -0.2) is 6.71 Å². The highest BCUT2D eigenvalue weighted by Crippen LogP contribution is 2.47. The Kier molecular flexibility index (Phi) is 6.03. The van der Waals surface area contributed by atoms with Gasteiger partial charge in [0.05, 0.1) is 0 Å². The second kappa shape index (κ2) is 9.95. The molecule has 0 atom stereocenters. The predicted octanol–water partition coefficient (Wildman–Crippen LogP) is 8.74. The lowest BCUT2D eigenvalue weighted by atomic mass is 9.33. The van der Waals surface area contributed by atoms with E-state index in [1.807, 2.05) is 0 Å². The van der Waals surface area contributed by atoms with Gasteiger partial charge in [-0.2, -0.15) is 0 Å². The van der Waals surface area contributed by atoms with Gasteiger partial charge in [0.15, 0.2) is 0 Å². The predicted molar refractivity (Wildman–Crippen MR) is 181 cm³/mol. The summed E-state index contributed by atoms with van der Waals surface area (Å²) in [6.07, 6.45) is 6.58. The molecule has 1 saturated carbocycles. The van der Waals surface area contributed by atoms with Crippen molar-refractivity contribution in [1.82, 2.24) is 0 Å². The zero-order valence-electron chi connectivity index (χ0n) is 24.9. The summed E-state index contributed by atoms with van der Waals surface area (Å²) in [6.45, 7) is 6.87. The van der Waals surface area contributed by atoms with Crippen LogP contribution >= 0.6 is 0 Å². The van der Waals surface area contributed by atoms with Gasteiger partial charge in [-0.25, -0.2) is 0 Å². The zero-order chi connectivity index (χ0) is 28.4. The smallest absolute Gasteiger partial charge is 0.252 e. The Balaban J connectivity index is 1.49. The lowest BCUT2D eigenvalue weighted by molar-refractivity contribution is 0.444. The number of nitrogens with zero attached hydrogens (tertiary/aromatic N) is 2. The molecule has 3 heteroatoms. The van der Waals surface area contributed by atoms with E-state index in [4.69, 9.17) is 0 Å². The summed E-state index contributed by atoms with van der Waals surface area (Å²) in [5.74, 6) is 0.605. The molecule has 206 valence electrons. The summed E-state index contributed by atoms with van der Waals surface area (Å²) in [5.41, 5.74) is 17.4. The van der Waals surface area contributed by atoms with E-state index >= 15 is 0 Å². The van der Waals surface area contributed by atoms with Crippen LogP contribution in [0.5, 0.6) is 0 Å². The van der Waals surface area contributed by atoms with E-state index in [0.717, 1.165) is 0 Å². The van der Waals surface area contributed by atoms with E-state index in [-0.39, 0.29) is 6.71 Å². The minimum atomic E-state index is 0.183. The highest BCUT2D eigenvalue weighted by atomic mass is 15.2. The van der Waals surface area contributed by atoms with Crippen molar-refractivity contribution in [2.24, 2.45) is 0 Å². The van der Waals surface area contributed by atoms with Gasteiger partial charge in [-0.05, 0) is 115 Å². The normalized spacial score (nSPS) is 15.7. The summed E-state index contributed by atoms with van der Waals surface area (Å²) in [7, 11) is 0. The molecule has 5 aromatic carbocycles. The number of hydrogen-bond acceptors (Lipinski definition) is 2. The number of rotatable bonds is 3. The van der Waals surface area contributed by atoms with Crippen LogP contribution in [0.3, 0.4) is 0 Å². The van der Waals surface area contributed by atoms with E-state index in [9.17, 15) is 0 Å². The topological polar surface area (TPSA) is 6.48 Å². The van der Waals surface area contributed by atoms with Gasteiger partial charge in [-0.3, -0.25) is 0 Å². The Hall–Kier alpha value is -4.24. The molecule has 1 fully saturated rings. The molecule has 2 heterocycles. The molecule has 1 aliphatic carbocycles. The van der Waals surface area contributed by atoms with Gasteiger partial charge in [0, 0.05) is 34.1 Å². The maximum absolute atomic E-state index is 2.58. The van der Waals surface area contributed by atoms with Crippen molar-refractivity contribution >= 4 is 57.2 Å². The number of para-hydroxylation sites is 2. The molecule has 0 radical (unpaired) electrons. The molecule has 0 amide bonds. The molecule has 0 aromatic heterocycles. The van der Waals surface area contributed by atoms with Gasteiger partial charge in [0.25, 0.3) is 6.71 Å². The lowest BCUT2D eigenvalue weighted by Crippen LogP contribution is -2.61. The largest absolute Gasteiger partial charge is 0.311 e. The molecular weight excluding hydrogens is 507 g/mol. The molecule has 8 rings (SSSR count). The van der Waals surface area contributed by atoms with Crippen molar-refractivity contribution in [3.8, 4) is 0 Å². The first-order valence-corrected chi connectivity index (χ1v) is 15.7. The minimum Gasteiger partial charge on any atom is -0.311 e. The lowest BCUT2D eigenvalue weighted by Gasteiger charge is -2.45. The standard InChI is InChI=1S/C39H37BN2/c1-26-12-11-16-31(22-26)41-35-19-10-8-17-32(35)40-33-23-27(2)20-21-36(33)42(34-18-9-7-13-28(34)3)38-25-30(24-37(41)39(38)40)29-14-5-4-6-15-29/h7-13,16-25,29H,4-6,14-15H2,1-3H3. The summed E-state index contributed by atoms with van der Waals surface area (Å²) >= 11 is 0. The maximum atomic E-state index is 2.58. The quantitative estimate of drug-likeness (QED) is 0.205. The average Bonchev–Trinajstić information content (AvgIpc) is 3.01. The Bertz CT molecular complexity index is 1830. The number of benzene rings is 5. The number of anilines is 6. The van der Waals surface area contributed by atoms with Gasteiger partial charge in [0.2, 0.25) is 0 Å². The van der Waals surface area contributed by atoms with Crippen LogP contribution in [0.15, 0.2) is 103 Å². The average molecular weight is 545 g/mol. The highest BCUT2D eigenvalue weighted by Gasteiger charge is 2.43. The molecule has 0 N–H and O–H groups in total. The van der Waals surface area contributed by atoms with E-state index in [0.29, 0.717) is 5.92 Å². The Morgan fingerprint density at radius 1 is 0.548 bits per heavy atom. The summed E-state index contributed by atoms with van der Waals surface area (Å²) in [4.78, 5) is 5.13. The SMILES string of the molecule is Cc1cccc(N2c3ccccc3B3c4cc(C)ccc4N(c4ccccc4C)c4cc(C5CCCCC5)cc2c43)c1. The third-order valence-corrected chi connectivity index (χ3v) is 9.85. The summed E-state index contributed by atoms with van der Waals surface area (Å²) in [5, 5.41) is 0. The van der Waals surface area contributed by atoms with Crippen molar-refractivity contribution in [1.29, 1.82) is 0 Å². The molecule has 0 unspecified atom stereocenters. The van der Waals surface area contributed by atoms with Gasteiger partial charge < -0.3 is 9.80 Å². The molecule has 5 aromatic rings. The first kappa shape index (κ1) is 25.5. The van der Waals surface area contributed by atoms with Crippen molar-refractivity contribution in [2.45, 2.75) is 58.8 Å². The van der Waals surface area contributed by atoms with Crippen LogP contribution in [0.1, 0.15) is 60.3 Å². The fraction of sp³-hybridized carbons (Fsp3) is 0.231. The Morgan fingerprint density at radius 2 is 1.24 bits per heavy atom. The van der Waals surface area contributed by atoms with Crippen LogP contribution in [0.2, 0.25) is 0 Å². The van der Waals surface area contributed by atoms with E-state index in [2.05, 4.69) is 134 Å². The van der Waals surface area contributed by atoms with Gasteiger partial charge in [-0.1, -0.05) is 85.5 Å². The van der Waals surface area contributed by atoms with Crippen LogP contribution in [-0.2, 0) is 0 Å². The number of fused-ring (bicyclic) bond motifs is 4. The van der Waals surface area contributed by atoms with Gasteiger partial charge in [0.1, 0.15) is 0 Å². The highest BCUT2D eigenvalue weighted by molar-refractivity contribution is 7.00. The van der Waals surface area contributed by atoms with E-state index in [1.54, 1.807) is 0 Å². The van der Waals surface area contributed by atoms with E-state index in [1.165, 1.54) is 105 Å². The number of hydrogen-bond donors (Lipinski definition) is 0. The Labute approximate surface area is 250 Å². The summed E-state index contributed by atoms with van der Waals surface area (Å²) in [6, 6.07) is 39.3. The van der Waals surface area contributed by atoms with Crippen molar-refractivity contribution in [3.05, 3.63) is 125 Å². The number of aryl methyl sites for hydroxylation is 3. The third-order valence-electron chi connectivity index (χ3n) is 9.85. The van der Waals surface area contributed by atoms with Crippen molar-refractivity contribution in [2.75, 3.05) is 9.80 Å². The molecule has 2 aliphatic heterocycles. The van der Waals surface area contributed by atoms with E-state index < -0.39 is 0 Å². The summed E-state index contributed by atoms with van der Waals surface area (Å²) < 4.78 is 0. The van der Waals surface area contributed by atoms with Crippen LogP contribution in [0.4, 0.5) is 34.1 Å². The molecule has 0 saturated heterocycles. The second-order valence-corrected chi connectivity index (χ2v) is 12.7. The second-order valence-electron chi connectivity index (χ2n) is 12.7. The molecule has 42 heavy (non-hydrogen) atoms. The fourth-order valence-electron chi connectivity index (χ4n) is 7.88.